The van der Waals surface area contributed by atoms with Gasteiger partial charge in [-0.2, -0.15) is 0 Å². The second-order valence-corrected chi connectivity index (χ2v) is 11.3. The minimum Gasteiger partial charge on any atom is -0.478 e. The smallest absolute Gasteiger partial charge is 0.328 e. The van der Waals surface area contributed by atoms with Crippen LogP contribution < -0.4 is 10.6 Å². The number of rotatable bonds is 7. The fourth-order valence-electron chi connectivity index (χ4n) is 7.12. The second-order valence-electron chi connectivity index (χ2n) is 11.3. The van der Waals surface area contributed by atoms with Crippen LogP contribution in [0.1, 0.15) is 71.6 Å². The van der Waals surface area contributed by atoms with E-state index in [1.54, 1.807) is 0 Å². The number of nitrogens with zero attached hydrogens (tertiary/aromatic N) is 1. The highest BCUT2D eigenvalue weighted by molar-refractivity contribution is 5.90. The van der Waals surface area contributed by atoms with Crippen LogP contribution in [-0.2, 0) is 24.0 Å². The molecule has 4 N–H and O–H groups in total. The Morgan fingerprint density at radius 2 is 1.78 bits per heavy atom. The number of hydrogen-bond donors (Lipinski definition) is 4. The zero-order valence-corrected chi connectivity index (χ0v) is 22.1. The van der Waals surface area contributed by atoms with E-state index in [-0.39, 0.29) is 22.8 Å². The van der Waals surface area contributed by atoms with Gasteiger partial charge in [-0.05, 0) is 75.3 Å². The van der Waals surface area contributed by atoms with Crippen LogP contribution in [0.25, 0.3) is 0 Å². The molecule has 1 unspecified atom stereocenters. The summed E-state index contributed by atoms with van der Waals surface area (Å²) in [5, 5.41) is 26.5. The van der Waals surface area contributed by atoms with Crippen molar-refractivity contribution in [1.82, 2.24) is 10.6 Å². The third-order valence-electron chi connectivity index (χ3n) is 9.16. The summed E-state index contributed by atoms with van der Waals surface area (Å²) >= 11 is 0. The Morgan fingerprint density at radius 1 is 1.08 bits per heavy atom. The van der Waals surface area contributed by atoms with Crippen molar-refractivity contribution in [2.24, 2.45) is 33.7 Å². The van der Waals surface area contributed by atoms with Crippen LogP contribution in [0, 0.1) is 28.6 Å². The normalized spacial score (nSPS) is 35.9. The quantitative estimate of drug-likeness (QED) is 0.227. The molecule has 0 bridgehead atoms. The number of aliphatic carboxylic acids is 2. The number of Topliss-reactive ketones (excluding diaryl/α,β-unsaturated/α-hetero) is 1. The molecule has 0 spiro atoms. The van der Waals surface area contributed by atoms with Crippen LogP contribution in [0.4, 0.5) is 0 Å². The zero-order chi connectivity index (χ0) is 27.2. The summed E-state index contributed by atoms with van der Waals surface area (Å²) in [6.45, 7) is 6.10. The number of carbonyl (C=O) groups is 4. The lowest BCUT2D eigenvalue weighted by atomic mass is 9.51. The average molecular weight is 520 g/mol. The van der Waals surface area contributed by atoms with Gasteiger partial charge in [0.1, 0.15) is 12.4 Å². The van der Waals surface area contributed by atoms with Crippen molar-refractivity contribution >= 4 is 29.3 Å². The molecule has 0 aromatic rings. The molecule has 3 saturated carbocycles. The fraction of sp³-hybridized carbons (Fsp3) is 0.741. The summed E-state index contributed by atoms with van der Waals surface area (Å²) < 4.78 is 0. The molecule has 0 aromatic carbocycles. The SMILES string of the molecule is CNCCCO/N=C1/CC[C@@]2(C)C(C1)NC(=O)C[C@@H]1[C@@H]2CC[C@]2(C)C(=O)CC[C@@H]12.O=C(O)/C=C/C(=O)O. The molecule has 3 aliphatic carbocycles. The average Bonchev–Trinajstić information content (AvgIpc) is 3.08. The van der Waals surface area contributed by atoms with Gasteiger partial charge in [-0.3, -0.25) is 9.59 Å². The first kappa shape index (κ1) is 28.8. The van der Waals surface area contributed by atoms with Gasteiger partial charge >= 0.3 is 11.9 Å². The molecule has 4 fully saturated rings. The molecule has 0 aromatic heterocycles. The summed E-state index contributed by atoms with van der Waals surface area (Å²) in [6, 6.07) is 0.125. The second kappa shape index (κ2) is 12.2. The molecule has 1 saturated heterocycles. The lowest BCUT2D eigenvalue weighted by Crippen LogP contribution is -2.54. The van der Waals surface area contributed by atoms with E-state index in [4.69, 9.17) is 15.1 Å². The zero-order valence-electron chi connectivity index (χ0n) is 22.1. The standard InChI is InChI=1S/C23H37N3O3.C4H4O4/c1-22-9-7-15(26-29-12-4-11-24-3)13-19(22)25-21(28)14-16-17-5-6-20(27)23(17,2)10-8-18(16)22;5-3(6)1-2-4(7)8/h16-19,24H,4-14H2,1-3H3,(H,25,28);1-2H,(H,5,6)(H,7,8)/b26-15-;2-1+/t16-,17-,18-,19?,22+,23-;/m0./s1. The van der Waals surface area contributed by atoms with Crippen LogP contribution in [0.3, 0.4) is 0 Å². The highest BCUT2D eigenvalue weighted by atomic mass is 16.6. The van der Waals surface area contributed by atoms with Gasteiger partial charge in [0.25, 0.3) is 0 Å². The molecule has 206 valence electrons. The van der Waals surface area contributed by atoms with Crippen molar-refractivity contribution in [2.75, 3.05) is 20.2 Å². The Balaban J connectivity index is 0.000000414. The highest BCUT2D eigenvalue weighted by Gasteiger charge is 2.60. The lowest BCUT2D eigenvalue weighted by molar-refractivity contribution is -0.134. The van der Waals surface area contributed by atoms with E-state index in [0.717, 1.165) is 57.2 Å². The minimum atomic E-state index is -1.26. The van der Waals surface area contributed by atoms with E-state index < -0.39 is 11.9 Å². The molecule has 6 atom stereocenters. The number of hydrogen-bond acceptors (Lipinski definition) is 7. The van der Waals surface area contributed by atoms with Gasteiger partial charge in [-0.15, -0.1) is 0 Å². The Kier molecular flexibility index (Phi) is 9.50. The largest absolute Gasteiger partial charge is 0.478 e. The van der Waals surface area contributed by atoms with Gasteiger partial charge in [0.15, 0.2) is 0 Å². The monoisotopic (exact) mass is 519 g/mol. The fourth-order valence-corrected chi connectivity index (χ4v) is 7.12. The van der Waals surface area contributed by atoms with E-state index in [9.17, 15) is 19.2 Å². The maximum atomic E-state index is 12.9. The number of oxime groups is 1. The van der Waals surface area contributed by atoms with Gasteiger partial charge in [-0.1, -0.05) is 19.0 Å². The number of carbonyl (C=O) groups excluding carboxylic acids is 2. The van der Waals surface area contributed by atoms with Crippen molar-refractivity contribution in [3.63, 3.8) is 0 Å². The van der Waals surface area contributed by atoms with Crippen molar-refractivity contribution < 1.29 is 34.2 Å². The van der Waals surface area contributed by atoms with Crippen LogP contribution in [0.2, 0.25) is 0 Å². The van der Waals surface area contributed by atoms with Crippen molar-refractivity contribution in [3.05, 3.63) is 12.2 Å². The highest BCUT2D eigenvalue weighted by Crippen LogP contribution is 2.61. The van der Waals surface area contributed by atoms with Gasteiger partial charge in [0.2, 0.25) is 5.91 Å². The van der Waals surface area contributed by atoms with Gasteiger partial charge < -0.3 is 25.7 Å². The maximum absolute atomic E-state index is 12.9. The molecule has 1 heterocycles. The molecule has 0 radical (unpaired) electrons. The molecular weight excluding hydrogens is 478 g/mol. The first-order chi connectivity index (χ1) is 17.5. The molecule has 4 aliphatic rings. The molecular formula is C27H41N3O7. The van der Waals surface area contributed by atoms with Crippen molar-refractivity contribution in [3.8, 4) is 0 Å². The van der Waals surface area contributed by atoms with E-state index in [1.807, 2.05) is 7.05 Å². The summed E-state index contributed by atoms with van der Waals surface area (Å²) in [6.07, 6.45) is 9.13. The summed E-state index contributed by atoms with van der Waals surface area (Å²) in [5.41, 5.74) is 0.960. The van der Waals surface area contributed by atoms with Gasteiger partial charge in [-0.25, -0.2) is 9.59 Å². The predicted octanol–water partition coefficient (Wildman–Crippen LogP) is 2.77. The van der Waals surface area contributed by atoms with Gasteiger partial charge in [0, 0.05) is 42.9 Å². The molecule has 4 rings (SSSR count). The third kappa shape index (κ3) is 6.58. The maximum Gasteiger partial charge on any atom is 0.328 e. The van der Waals surface area contributed by atoms with E-state index in [0.29, 0.717) is 55.1 Å². The Bertz CT molecular complexity index is 932. The Labute approximate surface area is 218 Å². The molecule has 37 heavy (non-hydrogen) atoms. The summed E-state index contributed by atoms with van der Waals surface area (Å²) in [7, 11) is 1.94. The molecule has 10 nitrogen and oxygen atoms in total. The van der Waals surface area contributed by atoms with E-state index in [2.05, 4.69) is 29.6 Å². The number of nitrogens with one attached hydrogen (secondary N) is 2. The Hall–Kier alpha value is -2.75. The van der Waals surface area contributed by atoms with Crippen LogP contribution in [0.15, 0.2) is 17.3 Å². The number of carboxylic acid groups (broad SMARTS) is 2. The number of carboxylic acids is 2. The van der Waals surface area contributed by atoms with Crippen LogP contribution in [-0.4, -0.2) is 65.8 Å². The first-order valence-electron chi connectivity index (χ1n) is 13.3. The molecule has 1 aliphatic heterocycles. The molecule has 10 heteroatoms. The van der Waals surface area contributed by atoms with Gasteiger partial charge in [0.05, 0.1) is 5.71 Å². The van der Waals surface area contributed by atoms with Crippen LogP contribution >= 0.6 is 0 Å². The predicted molar refractivity (Wildman–Crippen MR) is 137 cm³/mol. The first-order valence-corrected chi connectivity index (χ1v) is 13.3. The van der Waals surface area contributed by atoms with E-state index in [1.165, 1.54) is 0 Å². The molecule has 1 amide bonds. The summed E-state index contributed by atoms with van der Waals surface area (Å²) in [4.78, 5) is 50.1. The van der Waals surface area contributed by atoms with Crippen molar-refractivity contribution in [2.45, 2.75) is 77.7 Å². The lowest BCUT2D eigenvalue weighted by Gasteiger charge is -2.53. The third-order valence-corrected chi connectivity index (χ3v) is 9.16. The number of amides is 1. The Morgan fingerprint density at radius 3 is 2.43 bits per heavy atom. The number of fused-ring (bicyclic) bond motifs is 5. The summed E-state index contributed by atoms with van der Waals surface area (Å²) in [5.74, 6) is -0.699. The van der Waals surface area contributed by atoms with Crippen molar-refractivity contribution in [1.29, 1.82) is 0 Å². The van der Waals surface area contributed by atoms with E-state index >= 15 is 0 Å². The van der Waals surface area contributed by atoms with Crippen LogP contribution in [0.5, 0.6) is 0 Å². The topological polar surface area (TPSA) is 154 Å². The number of ketones is 1. The minimum absolute atomic E-state index is 0.0783.